The van der Waals surface area contributed by atoms with E-state index in [1.165, 1.54) is 22.3 Å². The highest BCUT2D eigenvalue weighted by Crippen LogP contribution is 2.19. The maximum Gasteiger partial charge on any atom is 0.0953 e. The molecule has 0 spiro atoms. The van der Waals surface area contributed by atoms with Gasteiger partial charge in [-0.3, -0.25) is 0 Å². The number of hydrogen-bond donors (Lipinski definition) is 1. The molecule has 134 valence electrons. The second-order valence-electron chi connectivity index (χ2n) is 6.57. The molecule has 0 unspecified atom stereocenters. The predicted molar refractivity (Wildman–Crippen MR) is 108 cm³/mol. The molecule has 2 heteroatoms. The molecule has 1 N–H and O–H groups in total. The minimum absolute atomic E-state index is 0.0641. The standard InChI is InChI=1S/C24H27NO/c1-25-18-24(23-13-6-3-7-14-23)26-19-22-12-8-11-21(17-22)16-15-20-9-4-2-5-10-20/h2-14,17,24-25H,15-16,18-19H2,1H3/t24-/m1/s1. The van der Waals surface area contributed by atoms with Crippen molar-refractivity contribution in [1.82, 2.24) is 5.32 Å². The largest absolute Gasteiger partial charge is 0.368 e. The quantitative estimate of drug-likeness (QED) is 0.592. The molecule has 26 heavy (non-hydrogen) atoms. The van der Waals surface area contributed by atoms with Crippen LogP contribution in [0.25, 0.3) is 0 Å². The van der Waals surface area contributed by atoms with Crippen LogP contribution in [-0.4, -0.2) is 13.6 Å². The van der Waals surface area contributed by atoms with E-state index in [1.54, 1.807) is 0 Å². The summed E-state index contributed by atoms with van der Waals surface area (Å²) in [7, 11) is 1.96. The summed E-state index contributed by atoms with van der Waals surface area (Å²) in [5.41, 5.74) is 5.18. The third-order valence-corrected chi connectivity index (χ3v) is 4.55. The van der Waals surface area contributed by atoms with Gasteiger partial charge in [-0.05, 0) is 42.1 Å². The zero-order valence-electron chi connectivity index (χ0n) is 15.4. The van der Waals surface area contributed by atoms with E-state index >= 15 is 0 Å². The Bertz CT molecular complexity index is 770. The smallest absolute Gasteiger partial charge is 0.0953 e. The third kappa shape index (κ3) is 5.55. The molecule has 1 atom stereocenters. The number of likely N-dealkylation sites (N-methyl/N-ethyl adjacent to an activating group) is 1. The van der Waals surface area contributed by atoms with Crippen molar-refractivity contribution in [2.24, 2.45) is 0 Å². The Kier molecular flexibility index (Phi) is 7.00. The summed E-state index contributed by atoms with van der Waals surface area (Å²) in [6.07, 6.45) is 2.18. The minimum atomic E-state index is 0.0641. The van der Waals surface area contributed by atoms with Crippen LogP contribution in [0.3, 0.4) is 0 Å². The van der Waals surface area contributed by atoms with Gasteiger partial charge in [0.2, 0.25) is 0 Å². The highest BCUT2D eigenvalue weighted by atomic mass is 16.5. The van der Waals surface area contributed by atoms with Crippen LogP contribution in [0, 0.1) is 0 Å². The number of rotatable bonds is 9. The first kappa shape index (κ1) is 18.4. The Morgan fingerprint density at radius 1 is 0.731 bits per heavy atom. The van der Waals surface area contributed by atoms with Crippen molar-refractivity contribution < 1.29 is 4.74 Å². The van der Waals surface area contributed by atoms with Gasteiger partial charge in [-0.25, -0.2) is 0 Å². The van der Waals surface area contributed by atoms with E-state index in [2.05, 4.69) is 84.2 Å². The molecule has 3 aromatic rings. The average Bonchev–Trinajstić information content (AvgIpc) is 2.71. The zero-order valence-corrected chi connectivity index (χ0v) is 15.4. The fraction of sp³-hybridized carbons (Fsp3) is 0.250. The minimum Gasteiger partial charge on any atom is -0.368 e. The molecule has 3 rings (SSSR count). The van der Waals surface area contributed by atoms with Crippen molar-refractivity contribution in [2.45, 2.75) is 25.6 Å². The summed E-state index contributed by atoms with van der Waals surface area (Å²) in [6.45, 7) is 1.43. The lowest BCUT2D eigenvalue weighted by molar-refractivity contribution is 0.0410. The van der Waals surface area contributed by atoms with Crippen LogP contribution in [0.15, 0.2) is 84.9 Å². The van der Waals surface area contributed by atoms with E-state index in [0.717, 1.165) is 19.4 Å². The van der Waals surface area contributed by atoms with Gasteiger partial charge in [0.15, 0.2) is 0 Å². The van der Waals surface area contributed by atoms with Crippen LogP contribution in [0.1, 0.15) is 28.4 Å². The Balaban J connectivity index is 1.59. The van der Waals surface area contributed by atoms with Crippen LogP contribution in [0.5, 0.6) is 0 Å². The van der Waals surface area contributed by atoms with E-state index in [-0.39, 0.29) is 6.10 Å². The number of benzene rings is 3. The van der Waals surface area contributed by atoms with Crippen LogP contribution in [-0.2, 0) is 24.2 Å². The van der Waals surface area contributed by atoms with E-state index in [1.807, 2.05) is 13.1 Å². The summed E-state index contributed by atoms with van der Waals surface area (Å²) < 4.78 is 6.21. The number of hydrogen-bond acceptors (Lipinski definition) is 2. The first-order valence-corrected chi connectivity index (χ1v) is 9.28. The van der Waals surface area contributed by atoms with Gasteiger partial charge in [-0.1, -0.05) is 84.9 Å². The predicted octanol–water partition coefficient (Wildman–Crippen LogP) is 4.95. The normalized spacial score (nSPS) is 12.0. The van der Waals surface area contributed by atoms with Crippen molar-refractivity contribution in [2.75, 3.05) is 13.6 Å². The molecule has 0 aliphatic rings. The van der Waals surface area contributed by atoms with Crippen molar-refractivity contribution in [3.63, 3.8) is 0 Å². The van der Waals surface area contributed by atoms with Gasteiger partial charge in [0, 0.05) is 6.54 Å². The van der Waals surface area contributed by atoms with Crippen molar-refractivity contribution >= 4 is 0 Å². The van der Waals surface area contributed by atoms with Crippen LogP contribution in [0.4, 0.5) is 0 Å². The summed E-state index contributed by atoms with van der Waals surface area (Å²) >= 11 is 0. The van der Waals surface area contributed by atoms with E-state index in [4.69, 9.17) is 4.74 Å². The van der Waals surface area contributed by atoms with Gasteiger partial charge in [-0.15, -0.1) is 0 Å². The molecule has 0 aromatic heterocycles. The number of aryl methyl sites for hydroxylation is 2. The van der Waals surface area contributed by atoms with Gasteiger partial charge in [-0.2, -0.15) is 0 Å². The third-order valence-electron chi connectivity index (χ3n) is 4.55. The molecule has 0 amide bonds. The average molecular weight is 345 g/mol. The molecular weight excluding hydrogens is 318 g/mol. The zero-order chi connectivity index (χ0) is 18.0. The Morgan fingerprint density at radius 3 is 2.08 bits per heavy atom. The van der Waals surface area contributed by atoms with Crippen molar-refractivity contribution in [1.29, 1.82) is 0 Å². The van der Waals surface area contributed by atoms with Crippen LogP contribution < -0.4 is 5.32 Å². The molecule has 0 bridgehead atoms. The Morgan fingerprint density at radius 2 is 1.35 bits per heavy atom. The van der Waals surface area contributed by atoms with Crippen LogP contribution in [0.2, 0.25) is 0 Å². The lowest BCUT2D eigenvalue weighted by atomic mass is 10.0. The molecule has 0 fully saturated rings. The fourth-order valence-corrected chi connectivity index (χ4v) is 3.13. The number of nitrogens with one attached hydrogen (secondary N) is 1. The summed E-state index contributed by atoms with van der Waals surface area (Å²) in [5, 5.41) is 3.23. The molecule has 0 saturated heterocycles. The second kappa shape index (κ2) is 9.91. The lowest BCUT2D eigenvalue weighted by Gasteiger charge is -2.18. The monoisotopic (exact) mass is 345 g/mol. The summed E-state index contributed by atoms with van der Waals surface area (Å²) in [5.74, 6) is 0. The fourth-order valence-electron chi connectivity index (χ4n) is 3.13. The second-order valence-corrected chi connectivity index (χ2v) is 6.57. The molecule has 2 nitrogen and oxygen atoms in total. The topological polar surface area (TPSA) is 21.3 Å². The SMILES string of the molecule is CNC[C@@H](OCc1cccc(CCc2ccccc2)c1)c1ccccc1. The molecule has 0 aliphatic carbocycles. The molecule has 0 saturated carbocycles. The van der Waals surface area contributed by atoms with E-state index in [9.17, 15) is 0 Å². The van der Waals surface area contributed by atoms with Gasteiger partial charge < -0.3 is 10.1 Å². The Hall–Kier alpha value is -2.42. The van der Waals surface area contributed by atoms with E-state index in [0.29, 0.717) is 6.61 Å². The maximum atomic E-state index is 6.21. The summed E-state index contributed by atoms with van der Waals surface area (Å²) in [6, 6.07) is 29.8. The first-order valence-electron chi connectivity index (χ1n) is 9.28. The highest BCUT2D eigenvalue weighted by Gasteiger charge is 2.11. The van der Waals surface area contributed by atoms with Gasteiger partial charge in [0.25, 0.3) is 0 Å². The molecule has 0 aliphatic heterocycles. The number of ether oxygens (including phenoxy) is 1. The van der Waals surface area contributed by atoms with Crippen LogP contribution >= 0.6 is 0 Å². The first-order chi connectivity index (χ1) is 12.8. The van der Waals surface area contributed by atoms with E-state index < -0.39 is 0 Å². The summed E-state index contributed by atoms with van der Waals surface area (Å²) in [4.78, 5) is 0. The van der Waals surface area contributed by atoms with Gasteiger partial charge >= 0.3 is 0 Å². The highest BCUT2D eigenvalue weighted by molar-refractivity contribution is 5.25. The van der Waals surface area contributed by atoms with Crippen molar-refractivity contribution in [3.05, 3.63) is 107 Å². The Labute approximate surface area is 156 Å². The molecular formula is C24H27NO. The van der Waals surface area contributed by atoms with Gasteiger partial charge in [0.05, 0.1) is 12.7 Å². The van der Waals surface area contributed by atoms with Gasteiger partial charge in [0.1, 0.15) is 0 Å². The molecule has 3 aromatic carbocycles. The maximum absolute atomic E-state index is 6.21. The van der Waals surface area contributed by atoms with Crippen molar-refractivity contribution in [3.8, 4) is 0 Å². The lowest BCUT2D eigenvalue weighted by Crippen LogP contribution is -2.19. The molecule has 0 heterocycles. The molecule has 0 radical (unpaired) electrons.